The molecule has 1 rings (SSSR count). The van der Waals surface area contributed by atoms with Gasteiger partial charge in [-0.15, -0.1) is 0 Å². The second kappa shape index (κ2) is 7.06. The lowest BCUT2D eigenvalue weighted by Gasteiger charge is -2.04. The van der Waals surface area contributed by atoms with Gasteiger partial charge in [-0.3, -0.25) is 4.79 Å². The monoisotopic (exact) mass is 240 g/mol. The maximum atomic E-state index is 11.3. The van der Waals surface area contributed by atoms with E-state index in [4.69, 9.17) is 0 Å². The summed E-state index contributed by atoms with van der Waals surface area (Å²) < 4.78 is 4.56. The van der Waals surface area contributed by atoms with E-state index in [0.717, 1.165) is 12.8 Å². The number of esters is 1. The van der Waals surface area contributed by atoms with Gasteiger partial charge in [-0.25, -0.2) is 4.79 Å². The molecule has 1 amide bonds. The van der Waals surface area contributed by atoms with Gasteiger partial charge in [-0.1, -0.05) is 6.08 Å². The van der Waals surface area contributed by atoms with Gasteiger partial charge in [0.2, 0.25) is 5.91 Å². The van der Waals surface area contributed by atoms with Crippen LogP contribution in [0, 0.1) is 5.92 Å². The average molecular weight is 240 g/mol. The summed E-state index contributed by atoms with van der Waals surface area (Å²) in [5.74, 6) is 0.110. The number of carbonyl (C=O) groups excluding carboxylic acids is 2. The number of amides is 1. The second-order valence-electron chi connectivity index (χ2n) is 4.15. The highest BCUT2D eigenvalue weighted by atomic mass is 16.5. The van der Waals surface area contributed by atoms with Crippen LogP contribution in [0.3, 0.4) is 0 Å². The molecule has 1 saturated carbocycles. The average Bonchev–Trinajstić information content (AvgIpc) is 3.15. The molecule has 0 heterocycles. The molecular weight excluding hydrogens is 220 g/mol. The van der Waals surface area contributed by atoms with Gasteiger partial charge in [0.1, 0.15) is 0 Å². The highest BCUT2D eigenvalue weighted by Crippen LogP contribution is 2.28. The molecule has 0 aromatic rings. The van der Waals surface area contributed by atoms with E-state index in [1.807, 2.05) is 0 Å². The van der Waals surface area contributed by atoms with Gasteiger partial charge in [-0.2, -0.15) is 0 Å². The van der Waals surface area contributed by atoms with E-state index in [9.17, 15) is 9.59 Å². The Morgan fingerprint density at radius 1 is 1.35 bits per heavy atom. The molecule has 0 unspecified atom stereocenters. The Morgan fingerprint density at radius 3 is 2.65 bits per heavy atom. The minimum atomic E-state index is -0.311. The molecule has 0 aromatic carbocycles. The molecule has 0 atom stereocenters. The van der Waals surface area contributed by atoms with Crippen LogP contribution >= 0.6 is 0 Å². The van der Waals surface area contributed by atoms with Crippen molar-refractivity contribution < 1.29 is 14.3 Å². The van der Waals surface area contributed by atoms with E-state index in [0.29, 0.717) is 25.2 Å². The zero-order valence-electron chi connectivity index (χ0n) is 10.4. The smallest absolute Gasteiger partial charge is 0.333 e. The van der Waals surface area contributed by atoms with Crippen LogP contribution in [-0.4, -0.2) is 38.6 Å². The Labute approximate surface area is 102 Å². The molecular formula is C12H20N2O3. The van der Waals surface area contributed by atoms with Gasteiger partial charge in [0, 0.05) is 31.1 Å². The third-order valence-corrected chi connectivity index (χ3v) is 2.61. The predicted molar refractivity (Wildman–Crippen MR) is 64.4 cm³/mol. The molecule has 1 aliphatic rings. The minimum Gasteiger partial charge on any atom is -0.466 e. The lowest BCUT2D eigenvalue weighted by atomic mass is 10.3. The first-order valence-electron chi connectivity index (χ1n) is 5.88. The standard InChI is InChI=1S/C12H20N2O3/c1-9(12(16)17-2)5-6-13-7-8-14-11(15)10-3-4-10/h5,10,13H,3-4,6-8H2,1-2H3,(H,14,15). The summed E-state index contributed by atoms with van der Waals surface area (Å²) in [4.78, 5) is 22.3. The first-order valence-corrected chi connectivity index (χ1v) is 5.88. The van der Waals surface area contributed by atoms with Gasteiger partial charge in [0.15, 0.2) is 0 Å². The van der Waals surface area contributed by atoms with E-state index in [1.54, 1.807) is 13.0 Å². The Kier molecular flexibility index (Phi) is 5.69. The van der Waals surface area contributed by atoms with E-state index in [2.05, 4.69) is 15.4 Å². The number of ether oxygens (including phenoxy) is 1. The van der Waals surface area contributed by atoms with E-state index in [1.165, 1.54) is 7.11 Å². The topological polar surface area (TPSA) is 67.4 Å². The molecule has 0 aromatic heterocycles. The molecule has 0 bridgehead atoms. The van der Waals surface area contributed by atoms with Crippen molar-refractivity contribution in [3.05, 3.63) is 11.6 Å². The molecule has 96 valence electrons. The van der Waals surface area contributed by atoms with Crippen LogP contribution in [0.1, 0.15) is 19.8 Å². The van der Waals surface area contributed by atoms with Gasteiger partial charge in [0.05, 0.1) is 7.11 Å². The van der Waals surface area contributed by atoms with Crippen LogP contribution in [0.4, 0.5) is 0 Å². The number of hydrogen-bond acceptors (Lipinski definition) is 4. The number of hydrogen-bond donors (Lipinski definition) is 2. The third-order valence-electron chi connectivity index (χ3n) is 2.61. The Balaban J connectivity index is 2.00. The van der Waals surface area contributed by atoms with Crippen LogP contribution in [0.5, 0.6) is 0 Å². The van der Waals surface area contributed by atoms with Crippen molar-refractivity contribution in [2.24, 2.45) is 5.92 Å². The Morgan fingerprint density at radius 2 is 2.06 bits per heavy atom. The van der Waals surface area contributed by atoms with Crippen LogP contribution < -0.4 is 10.6 Å². The van der Waals surface area contributed by atoms with Crippen molar-refractivity contribution >= 4 is 11.9 Å². The van der Waals surface area contributed by atoms with E-state index >= 15 is 0 Å². The normalized spacial score (nSPS) is 15.5. The Bertz CT molecular complexity index is 309. The molecule has 5 nitrogen and oxygen atoms in total. The van der Waals surface area contributed by atoms with Gasteiger partial charge >= 0.3 is 5.97 Å². The Hall–Kier alpha value is -1.36. The fourth-order valence-electron chi connectivity index (χ4n) is 1.34. The SMILES string of the molecule is COC(=O)C(C)=CCNCCNC(=O)C1CC1. The number of methoxy groups -OCH3 is 1. The molecule has 5 heteroatoms. The summed E-state index contributed by atoms with van der Waals surface area (Å²) in [6.45, 7) is 3.63. The second-order valence-corrected chi connectivity index (χ2v) is 4.15. The summed E-state index contributed by atoms with van der Waals surface area (Å²) in [5, 5.41) is 5.96. The van der Waals surface area contributed by atoms with Gasteiger partial charge in [-0.05, 0) is 19.8 Å². The molecule has 0 aliphatic heterocycles. The fourth-order valence-corrected chi connectivity index (χ4v) is 1.34. The van der Waals surface area contributed by atoms with Crippen molar-refractivity contribution in [1.82, 2.24) is 10.6 Å². The molecule has 0 radical (unpaired) electrons. The molecule has 0 spiro atoms. The van der Waals surface area contributed by atoms with Crippen LogP contribution in [-0.2, 0) is 14.3 Å². The highest BCUT2D eigenvalue weighted by molar-refractivity contribution is 5.87. The molecule has 1 aliphatic carbocycles. The minimum absolute atomic E-state index is 0.160. The van der Waals surface area contributed by atoms with Gasteiger partial charge in [0.25, 0.3) is 0 Å². The molecule has 1 fully saturated rings. The van der Waals surface area contributed by atoms with Crippen LogP contribution in [0.2, 0.25) is 0 Å². The van der Waals surface area contributed by atoms with Crippen LogP contribution in [0.25, 0.3) is 0 Å². The maximum absolute atomic E-state index is 11.3. The maximum Gasteiger partial charge on any atom is 0.333 e. The van der Waals surface area contributed by atoms with Crippen molar-refractivity contribution in [1.29, 1.82) is 0 Å². The summed E-state index contributed by atoms with van der Waals surface area (Å²) in [6, 6.07) is 0. The highest BCUT2D eigenvalue weighted by Gasteiger charge is 2.28. The lowest BCUT2D eigenvalue weighted by molar-refractivity contribution is -0.136. The van der Waals surface area contributed by atoms with Gasteiger partial charge < -0.3 is 15.4 Å². The quantitative estimate of drug-likeness (QED) is 0.379. The largest absolute Gasteiger partial charge is 0.466 e. The first-order chi connectivity index (χ1) is 8.15. The van der Waals surface area contributed by atoms with E-state index in [-0.39, 0.29) is 17.8 Å². The molecule has 17 heavy (non-hydrogen) atoms. The summed E-state index contributed by atoms with van der Waals surface area (Å²) in [6.07, 6.45) is 3.83. The summed E-state index contributed by atoms with van der Waals surface area (Å²) in [5.41, 5.74) is 0.585. The lowest BCUT2D eigenvalue weighted by Crippen LogP contribution is -2.32. The molecule has 2 N–H and O–H groups in total. The fraction of sp³-hybridized carbons (Fsp3) is 0.667. The third kappa shape index (κ3) is 5.49. The van der Waals surface area contributed by atoms with Crippen molar-refractivity contribution in [2.45, 2.75) is 19.8 Å². The van der Waals surface area contributed by atoms with Crippen molar-refractivity contribution in [3.63, 3.8) is 0 Å². The number of nitrogens with one attached hydrogen (secondary N) is 2. The first kappa shape index (κ1) is 13.7. The predicted octanol–water partition coefficient (Wildman–Crippen LogP) is 0.222. The summed E-state index contributed by atoms with van der Waals surface area (Å²) >= 11 is 0. The molecule has 0 saturated heterocycles. The van der Waals surface area contributed by atoms with Crippen molar-refractivity contribution in [3.8, 4) is 0 Å². The summed E-state index contributed by atoms with van der Waals surface area (Å²) in [7, 11) is 1.36. The zero-order valence-corrected chi connectivity index (χ0v) is 10.4. The zero-order chi connectivity index (χ0) is 12.7. The van der Waals surface area contributed by atoms with Crippen molar-refractivity contribution in [2.75, 3.05) is 26.7 Å². The van der Waals surface area contributed by atoms with Crippen LogP contribution in [0.15, 0.2) is 11.6 Å². The number of carbonyl (C=O) groups is 2. The number of rotatable bonds is 7. The van der Waals surface area contributed by atoms with E-state index < -0.39 is 0 Å².